The summed E-state index contributed by atoms with van der Waals surface area (Å²) in [6.45, 7) is 3.91. The summed E-state index contributed by atoms with van der Waals surface area (Å²) < 4.78 is 0. The molecular formula is C16H20N2O. The summed E-state index contributed by atoms with van der Waals surface area (Å²) in [7, 11) is 1.99. The van der Waals surface area contributed by atoms with Crippen LogP contribution in [0.5, 0.6) is 0 Å². The predicted molar refractivity (Wildman–Crippen MR) is 78.7 cm³/mol. The lowest BCUT2D eigenvalue weighted by Crippen LogP contribution is -2.12. The van der Waals surface area contributed by atoms with Gasteiger partial charge in [-0.25, -0.2) is 4.98 Å². The first-order valence-electron chi connectivity index (χ1n) is 6.58. The summed E-state index contributed by atoms with van der Waals surface area (Å²) >= 11 is 0. The average molecular weight is 256 g/mol. The highest BCUT2D eigenvalue weighted by Gasteiger charge is 2.12. The molecule has 0 unspecified atom stereocenters. The fourth-order valence-corrected chi connectivity index (χ4v) is 2.10. The van der Waals surface area contributed by atoms with E-state index in [1.54, 1.807) is 0 Å². The topological polar surface area (TPSA) is 36.4 Å². The van der Waals surface area contributed by atoms with Crippen LogP contribution in [0.15, 0.2) is 42.5 Å². The first-order valence-corrected chi connectivity index (χ1v) is 6.58. The van der Waals surface area contributed by atoms with Crippen molar-refractivity contribution in [2.24, 2.45) is 0 Å². The lowest BCUT2D eigenvalue weighted by molar-refractivity contribution is 0.172. The maximum absolute atomic E-state index is 9.90. The first kappa shape index (κ1) is 13.6. The van der Waals surface area contributed by atoms with E-state index in [1.165, 1.54) is 0 Å². The van der Waals surface area contributed by atoms with Gasteiger partial charge in [0.15, 0.2) is 0 Å². The Morgan fingerprint density at radius 3 is 2.42 bits per heavy atom. The molecule has 0 saturated carbocycles. The molecule has 1 atom stereocenters. The minimum Gasteiger partial charge on any atom is -0.388 e. The Morgan fingerprint density at radius 2 is 1.84 bits per heavy atom. The van der Waals surface area contributed by atoms with Crippen molar-refractivity contribution in [3.8, 4) is 0 Å². The molecule has 0 aliphatic rings. The van der Waals surface area contributed by atoms with Crippen LogP contribution in [0.4, 0.5) is 11.5 Å². The van der Waals surface area contributed by atoms with Gasteiger partial charge >= 0.3 is 0 Å². The van der Waals surface area contributed by atoms with Crippen LogP contribution in [-0.2, 0) is 0 Å². The molecule has 1 N–H and O–H groups in total. The number of aryl methyl sites for hydroxylation is 1. The third-order valence-corrected chi connectivity index (χ3v) is 3.34. The Kier molecular flexibility index (Phi) is 4.17. The van der Waals surface area contributed by atoms with Crippen LogP contribution in [0, 0.1) is 6.92 Å². The Labute approximate surface area is 114 Å². The first-order chi connectivity index (χ1) is 9.13. The van der Waals surface area contributed by atoms with E-state index in [9.17, 15) is 5.11 Å². The normalized spacial score (nSPS) is 12.2. The number of hydrogen-bond acceptors (Lipinski definition) is 3. The van der Waals surface area contributed by atoms with E-state index in [2.05, 4.69) is 4.98 Å². The summed E-state index contributed by atoms with van der Waals surface area (Å²) in [5.41, 5.74) is 2.89. The molecule has 0 fully saturated rings. The maximum atomic E-state index is 9.90. The van der Waals surface area contributed by atoms with E-state index >= 15 is 0 Å². The lowest BCUT2D eigenvalue weighted by Gasteiger charge is -2.20. The highest BCUT2D eigenvalue weighted by Crippen LogP contribution is 2.25. The monoisotopic (exact) mass is 256 g/mol. The molecule has 1 aromatic heterocycles. The van der Waals surface area contributed by atoms with Gasteiger partial charge in [-0.05, 0) is 31.5 Å². The third-order valence-electron chi connectivity index (χ3n) is 3.34. The second kappa shape index (κ2) is 5.85. The quantitative estimate of drug-likeness (QED) is 0.908. The minimum atomic E-state index is -0.427. The second-order valence-corrected chi connectivity index (χ2v) is 4.66. The Balaban J connectivity index is 2.30. The number of para-hydroxylation sites is 1. The molecule has 1 heterocycles. The standard InChI is InChI=1S/C16H20N2O/c1-4-15(19)14-10-11-16(17-12(14)2)18(3)13-8-6-5-7-9-13/h5-11,15,19H,4H2,1-3H3/t15-/m1/s1. The molecule has 2 rings (SSSR count). The number of aromatic nitrogens is 1. The van der Waals surface area contributed by atoms with Crippen LogP contribution in [-0.4, -0.2) is 17.1 Å². The van der Waals surface area contributed by atoms with E-state index in [0.717, 1.165) is 22.8 Å². The third kappa shape index (κ3) is 2.93. The average Bonchev–Trinajstić information content (AvgIpc) is 2.46. The molecule has 1 aromatic carbocycles. The molecule has 0 spiro atoms. The molecule has 0 aliphatic carbocycles. The SMILES string of the molecule is CC[C@@H](O)c1ccc(N(C)c2ccccc2)nc1C. The molecular weight excluding hydrogens is 236 g/mol. The van der Waals surface area contributed by atoms with Gasteiger partial charge in [-0.1, -0.05) is 31.2 Å². The van der Waals surface area contributed by atoms with E-state index < -0.39 is 6.10 Å². The molecule has 3 nitrogen and oxygen atoms in total. The molecule has 0 saturated heterocycles. The fourth-order valence-electron chi connectivity index (χ4n) is 2.10. The molecule has 0 aliphatic heterocycles. The second-order valence-electron chi connectivity index (χ2n) is 4.66. The molecule has 19 heavy (non-hydrogen) atoms. The van der Waals surface area contributed by atoms with Gasteiger partial charge in [0.1, 0.15) is 5.82 Å². The maximum Gasteiger partial charge on any atom is 0.132 e. The van der Waals surface area contributed by atoms with Crippen molar-refractivity contribution in [3.63, 3.8) is 0 Å². The smallest absolute Gasteiger partial charge is 0.132 e. The van der Waals surface area contributed by atoms with Gasteiger partial charge in [0.25, 0.3) is 0 Å². The van der Waals surface area contributed by atoms with Crippen molar-refractivity contribution in [1.82, 2.24) is 4.98 Å². The van der Waals surface area contributed by atoms with Gasteiger partial charge in [-0.15, -0.1) is 0 Å². The van der Waals surface area contributed by atoms with Crippen molar-refractivity contribution >= 4 is 11.5 Å². The van der Waals surface area contributed by atoms with E-state index in [4.69, 9.17) is 0 Å². The zero-order valence-corrected chi connectivity index (χ0v) is 11.7. The van der Waals surface area contributed by atoms with Gasteiger partial charge in [0.2, 0.25) is 0 Å². The summed E-state index contributed by atoms with van der Waals surface area (Å²) in [6.07, 6.45) is 0.278. The molecule has 3 heteroatoms. The largest absolute Gasteiger partial charge is 0.388 e. The summed E-state index contributed by atoms with van der Waals surface area (Å²) in [6, 6.07) is 14.0. The van der Waals surface area contributed by atoms with Crippen LogP contribution < -0.4 is 4.90 Å². The number of aliphatic hydroxyl groups excluding tert-OH is 1. The molecule has 0 bridgehead atoms. The zero-order chi connectivity index (χ0) is 13.8. The van der Waals surface area contributed by atoms with E-state index in [-0.39, 0.29) is 0 Å². The van der Waals surface area contributed by atoms with Gasteiger partial charge < -0.3 is 10.0 Å². The van der Waals surface area contributed by atoms with Crippen molar-refractivity contribution in [2.45, 2.75) is 26.4 Å². The highest BCUT2D eigenvalue weighted by molar-refractivity contribution is 5.59. The summed E-state index contributed by atoms with van der Waals surface area (Å²) in [4.78, 5) is 6.62. The van der Waals surface area contributed by atoms with Gasteiger partial charge in [0, 0.05) is 24.0 Å². The Hall–Kier alpha value is -1.87. The minimum absolute atomic E-state index is 0.427. The zero-order valence-electron chi connectivity index (χ0n) is 11.7. The summed E-state index contributed by atoms with van der Waals surface area (Å²) in [5.74, 6) is 0.885. The van der Waals surface area contributed by atoms with E-state index in [0.29, 0.717) is 6.42 Å². The van der Waals surface area contributed by atoms with Gasteiger partial charge in [-0.3, -0.25) is 0 Å². The van der Waals surface area contributed by atoms with Crippen molar-refractivity contribution in [2.75, 3.05) is 11.9 Å². The van der Waals surface area contributed by atoms with Gasteiger partial charge in [0.05, 0.1) is 6.10 Å². The molecule has 2 aromatic rings. The van der Waals surface area contributed by atoms with Crippen molar-refractivity contribution in [3.05, 3.63) is 53.7 Å². The number of aliphatic hydroxyl groups is 1. The summed E-state index contributed by atoms with van der Waals surface area (Å²) in [5, 5.41) is 9.90. The van der Waals surface area contributed by atoms with Crippen LogP contribution in [0.1, 0.15) is 30.7 Å². The Morgan fingerprint density at radius 1 is 1.16 bits per heavy atom. The number of pyridine rings is 1. The lowest BCUT2D eigenvalue weighted by atomic mass is 10.1. The number of anilines is 2. The number of nitrogens with zero attached hydrogens (tertiary/aromatic N) is 2. The molecule has 0 amide bonds. The Bertz CT molecular complexity index is 540. The van der Waals surface area contributed by atoms with Gasteiger partial charge in [-0.2, -0.15) is 0 Å². The van der Waals surface area contributed by atoms with Crippen LogP contribution in [0.3, 0.4) is 0 Å². The highest BCUT2D eigenvalue weighted by atomic mass is 16.3. The number of hydrogen-bond donors (Lipinski definition) is 1. The fraction of sp³-hybridized carbons (Fsp3) is 0.312. The predicted octanol–water partition coefficient (Wildman–Crippen LogP) is 3.60. The number of rotatable bonds is 4. The van der Waals surface area contributed by atoms with E-state index in [1.807, 2.05) is 68.3 Å². The number of benzene rings is 1. The van der Waals surface area contributed by atoms with Crippen molar-refractivity contribution in [1.29, 1.82) is 0 Å². The molecule has 100 valence electrons. The van der Waals surface area contributed by atoms with Crippen LogP contribution in [0.2, 0.25) is 0 Å². The van der Waals surface area contributed by atoms with Crippen LogP contribution in [0.25, 0.3) is 0 Å². The van der Waals surface area contributed by atoms with Crippen molar-refractivity contribution < 1.29 is 5.11 Å². The van der Waals surface area contributed by atoms with Crippen LogP contribution >= 0.6 is 0 Å². The molecule has 0 radical (unpaired) electrons.